The second-order valence-corrected chi connectivity index (χ2v) is 6.42. The van der Waals surface area contributed by atoms with Gasteiger partial charge in [0.2, 0.25) is 0 Å². The highest BCUT2D eigenvalue weighted by molar-refractivity contribution is 5.40. The van der Waals surface area contributed by atoms with E-state index in [9.17, 15) is 4.39 Å². The molecule has 0 aliphatic carbocycles. The van der Waals surface area contributed by atoms with Gasteiger partial charge in [0.05, 0.1) is 17.7 Å². The maximum atomic E-state index is 13.9. The third-order valence-electron chi connectivity index (χ3n) is 3.54. The Bertz CT molecular complexity index is 584. The van der Waals surface area contributed by atoms with Crippen LogP contribution in [0.5, 0.6) is 5.75 Å². The molecule has 4 heteroatoms. The van der Waals surface area contributed by atoms with E-state index in [-0.39, 0.29) is 18.2 Å². The monoisotopic (exact) mass is 291 g/mol. The van der Waals surface area contributed by atoms with Crippen molar-refractivity contribution in [3.05, 3.63) is 29.6 Å². The Kier molecular flexibility index (Phi) is 4.27. The molecule has 1 heterocycles. The summed E-state index contributed by atoms with van der Waals surface area (Å²) in [5.74, 6) is 5.42. The molecule has 1 fully saturated rings. The third-order valence-corrected chi connectivity index (χ3v) is 3.54. The zero-order chi connectivity index (χ0) is 15.7. The van der Waals surface area contributed by atoms with Crippen LogP contribution in [0.2, 0.25) is 0 Å². The lowest BCUT2D eigenvalue weighted by Gasteiger charge is -2.27. The van der Waals surface area contributed by atoms with Gasteiger partial charge in [-0.25, -0.2) is 4.39 Å². The first-order valence-corrected chi connectivity index (χ1v) is 7.09. The number of hydrogen-bond acceptors (Lipinski definition) is 3. The van der Waals surface area contributed by atoms with Crippen molar-refractivity contribution in [2.75, 3.05) is 6.54 Å². The molecule has 2 N–H and O–H groups in total. The Labute approximate surface area is 125 Å². The number of ether oxygens (including phenoxy) is 2. The average Bonchev–Trinajstić information content (AvgIpc) is 2.56. The molecule has 0 aromatic heterocycles. The van der Waals surface area contributed by atoms with Gasteiger partial charge in [0.15, 0.2) is 0 Å². The van der Waals surface area contributed by atoms with Crippen molar-refractivity contribution in [2.45, 2.75) is 51.4 Å². The molecule has 114 valence electrons. The summed E-state index contributed by atoms with van der Waals surface area (Å²) >= 11 is 0. The molecule has 1 atom stereocenters. The molecule has 1 unspecified atom stereocenters. The highest BCUT2D eigenvalue weighted by Crippen LogP contribution is 2.39. The predicted molar refractivity (Wildman–Crippen MR) is 80.6 cm³/mol. The van der Waals surface area contributed by atoms with E-state index in [0.717, 1.165) is 6.42 Å². The van der Waals surface area contributed by atoms with Crippen LogP contribution >= 0.6 is 0 Å². The molecule has 2 rings (SSSR count). The summed E-state index contributed by atoms with van der Waals surface area (Å²) in [5, 5.41) is 0. The van der Waals surface area contributed by atoms with E-state index in [1.54, 1.807) is 12.1 Å². The topological polar surface area (TPSA) is 44.5 Å². The van der Waals surface area contributed by atoms with E-state index in [1.807, 2.05) is 27.7 Å². The smallest absolute Gasteiger partial charge is 0.142 e. The fourth-order valence-corrected chi connectivity index (χ4v) is 2.68. The molecule has 1 aromatic rings. The van der Waals surface area contributed by atoms with Crippen LogP contribution < -0.4 is 10.5 Å². The van der Waals surface area contributed by atoms with Gasteiger partial charge >= 0.3 is 0 Å². The molecule has 1 aliphatic heterocycles. The molecule has 0 spiro atoms. The van der Waals surface area contributed by atoms with Crippen LogP contribution in [-0.4, -0.2) is 23.9 Å². The van der Waals surface area contributed by atoms with Crippen LogP contribution in [-0.2, 0) is 4.74 Å². The molecule has 1 aliphatic rings. The summed E-state index contributed by atoms with van der Waals surface area (Å²) < 4.78 is 25.8. The molecule has 0 radical (unpaired) electrons. The Hall–Kier alpha value is -1.57. The van der Waals surface area contributed by atoms with Gasteiger partial charge < -0.3 is 15.2 Å². The Morgan fingerprint density at radius 1 is 1.38 bits per heavy atom. The maximum Gasteiger partial charge on any atom is 0.142 e. The lowest BCUT2D eigenvalue weighted by molar-refractivity contribution is -0.0846. The van der Waals surface area contributed by atoms with Gasteiger partial charge in [-0.1, -0.05) is 11.8 Å². The molecule has 1 aromatic carbocycles. The van der Waals surface area contributed by atoms with Crippen LogP contribution in [0.15, 0.2) is 18.2 Å². The summed E-state index contributed by atoms with van der Waals surface area (Å²) in [4.78, 5) is 0. The van der Waals surface area contributed by atoms with Crippen molar-refractivity contribution >= 4 is 0 Å². The van der Waals surface area contributed by atoms with Crippen molar-refractivity contribution in [1.29, 1.82) is 0 Å². The first-order chi connectivity index (χ1) is 9.73. The van der Waals surface area contributed by atoms with Gasteiger partial charge in [-0.15, -0.1) is 0 Å². The van der Waals surface area contributed by atoms with Gasteiger partial charge in [0.25, 0.3) is 0 Å². The molecule has 21 heavy (non-hydrogen) atoms. The Morgan fingerprint density at radius 2 is 2.10 bits per heavy atom. The second kappa shape index (κ2) is 5.67. The zero-order valence-corrected chi connectivity index (χ0v) is 13.0. The van der Waals surface area contributed by atoms with Gasteiger partial charge in [-0.3, -0.25) is 0 Å². The average molecular weight is 291 g/mol. The normalized spacial score (nSPS) is 22.5. The standard InChI is InChI=1S/C17H22FNO2/c1-16(2)11-15(17(3,4)21-16)20-13-8-7-12(6-5-9-19)14(18)10-13/h7-8,10,15H,9,11,19H2,1-4H3. The molecular weight excluding hydrogens is 269 g/mol. The largest absolute Gasteiger partial charge is 0.487 e. The van der Waals surface area contributed by atoms with Gasteiger partial charge in [-0.2, -0.15) is 0 Å². The first-order valence-electron chi connectivity index (χ1n) is 7.09. The first kappa shape index (κ1) is 15.8. The predicted octanol–water partition coefficient (Wildman–Crippen LogP) is 2.86. The lowest BCUT2D eigenvalue weighted by Crippen LogP contribution is -2.36. The number of halogens is 1. The van der Waals surface area contributed by atoms with E-state index in [2.05, 4.69) is 11.8 Å². The summed E-state index contributed by atoms with van der Waals surface area (Å²) in [5.41, 5.74) is 4.97. The molecule has 1 saturated heterocycles. The van der Waals surface area contributed by atoms with Gasteiger partial charge in [-0.05, 0) is 39.8 Å². The van der Waals surface area contributed by atoms with Crippen molar-refractivity contribution in [2.24, 2.45) is 5.73 Å². The highest BCUT2D eigenvalue weighted by atomic mass is 19.1. The van der Waals surface area contributed by atoms with Gasteiger partial charge in [0, 0.05) is 12.5 Å². The molecule has 3 nitrogen and oxygen atoms in total. The van der Waals surface area contributed by atoms with E-state index < -0.39 is 11.4 Å². The van der Waals surface area contributed by atoms with Crippen LogP contribution in [0, 0.1) is 17.7 Å². The minimum atomic E-state index is -0.405. The third kappa shape index (κ3) is 3.75. The van der Waals surface area contributed by atoms with E-state index in [4.69, 9.17) is 15.2 Å². The summed E-state index contributed by atoms with van der Waals surface area (Å²) in [6, 6.07) is 4.70. The van der Waals surface area contributed by atoms with Crippen LogP contribution in [0.3, 0.4) is 0 Å². The number of hydrogen-bond donors (Lipinski definition) is 1. The van der Waals surface area contributed by atoms with Crippen molar-refractivity contribution < 1.29 is 13.9 Å². The minimum Gasteiger partial charge on any atom is -0.487 e. The highest BCUT2D eigenvalue weighted by Gasteiger charge is 2.47. The Balaban J connectivity index is 2.16. The summed E-state index contributed by atoms with van der Waals surface area (Å²) in [6.07, 6.45) is 0.643. The SMILES string of the molecule is CC1(C)CC(Oc2ccc(C#CCN)c(F)c2)C(C)(C)O1. The Morgan fingerprint density at radius 3 is 2.62 bits per heavy atom. The minimum absolute atomic E-state index is 0.118. The molecule has 0 amide bonds. The quantitative estimate of drug-likeness (QED) is 0.852. The fraction of sp³-hybridized carbons (Fsp3) is 0.529. The fourth-order valence-electron chi connectivity index (χ4n) is 2.68. The van der Waals surface area contributed by atoms with Crippen molar-refractivity contribution in [3.63, 3.8) is 0 Å². The van der Waals surface area contributed by atoms with Crippen molar-refractivity contribution in [1.82, 2.24) is 0 Å². The van der Waals surface area contributed by atoms with E-state index in [0.29, 0.717) is 11.3 Å². The van der Waals surface area contributed by atoms with Crippen LogP contribution in [0.4, 0.5) is 4.39 Å². The number of benzene rings is 1. The van der Waals surface area contributed by atoms with E-state index in [1.165, 1.54) is 6.07 Å². The second-order valence-electron chi connectivity index (χ2n) is 6.42. The molecule has 0 saturated carbocycles. The lowest BCUT2D eigenvalue weighted by atomic mass is 9.97. The van der Waals surface area contributed by atoms with Gasteiger partial charge in [0.1, 0.15) is 23.3 Å². The van der Waals surface area contributed by atoms with E-state index >= 15 is 0 Å². The molecular formula is C17H22FNO2. The summed E-state index contributed by atoms with van der Waals surface area (Å²) in [7, 11) is 0. The number of nitrogens with two attached hydrogens (primary N) is 1. The zero-order valence-electron chi connectivity index (χ0n) is 13.0. The van der Waals surface area contributed by atoms with Crippen LogP contribution in [0.25, 0.3) is 0 Å². The summed E-state index contributed by atoms with van der Waals surface area (Å²) in [6.45, 7) is 8.25. The number of rotatable bonds is 2. The molecule has 0 bridgehead atoms. The maximum absolute atomic E-state index is 13.9. The van der Waals surface area contributed by atoms with Crippen molar-refractivity contribution in [3.8, 4) is 17.6 Å². The van der Waals surface area contributed by atoms with Crippen LogP contribution in [0.1, 0.15) is 39.7 Å².